The van der Waals surface area contributed by atoms with Crippen molar-refractivity contribution in [2.45, 2.75) is 43.7 Å². The van der Waals surface area contributed by atoms with Gasteiger partial charge in [0.15, 0.2) is 0 Å². The Hall–Kier alpha value is -0.750. The molecule has 5 heteroatoms. The first-order valence-electron chi connectivity index (χ1n) is 6.64. The van der Waals surface area contributed by atoms with E-state index in [2.05, 4.69) is 18.7 Å². The summed E-state index contributed by atoms with van der Waals surface area (Å²) in [4.78, 5) is 2.82. The van der Waals surface area contributed by atoms with Gasteiger partial charge in [0.1, 0.15) is 0 Å². The third kappa shape index (κ3) is 6.29. The Morgan fingerprint density at radius 2 is 1.79 bits per heavy atom. The lowest BCUT2D eigenvalue weighted by molar-refractivity contribution is 0.173. The number of rotatable bonds is 2. The zero-order valence-electron chi connectivity index (χ0n) is 11.6. The van der Waals surface area contributed by atoms with E-state index < -0.39 is 11.1 Å². The van der Waals surface area contributed by atoms with E-state index in [0.29, 0.717) is 17.0 Å². The minimum atomic E-state index is -2.08. The van der Waals surface area contributed by atoms with Crippen LogP contribution in [0.15, 0.2) is 35.2 Å². The van der Waals surface area contributed by atoms with Crippen molar-refractivity contribution < 1.29 is 8.76 Å². The maximum Gasteiger partial charge on any atom is 0.0248 e. The van der Waals surface area contributed by atoms with Crippen LogP contribution >= 0.6 is 0 Å². The lowest BCUT2D eigenvalue weighted by Gasteiger charge is -2.32. The summed E-state index contributed by atoms with van der Waals surface area (Å²) in [5.74, 6) is 0. The van der Waals surface area contributed by atoms with Crippen LogP contribution in [0.4, 0.5) is 0 Å². The van der Waals surface area contributed by atoms with Gasteiger partial charge in [-0.05, 0) is 63.0 Å². The van der Waals surface area contributed by atoms with Crippen molar-refractivity contribution in [3.63, 3.8) is 0 Å². The molecule has 1 atom stereocenters. The van der Waals surface area contributed by atoms with E-state index in [9.17, 15) is 8.76 Å². The van der Waals surface area contributed by atoms with Gasteiger partial charge in [0.25, 0.3) is 0 Å². The van der Waals surface area contributed by atoms with Crippen LogP contribution in [0.3, 0.4) is 0 Å². The monoisotopic (exact) mass is 283 g/mol. The quantitative estimate of drug-likeness (QED) is 0.839. The highest BCUT2D eigenvalue weighted by Crippen LogP contribution is 2.10. The van der Waals surface area contributed by atoms with Gasteiger partial charge < -0.3 is 15.2 Å². The van der Waals surface area contributed by atoms with Crippen LogP contribution in [0.5, 0.6) is 0 Å². The SMILES string of the molecule is CC(C)N1CCC(N)CC1.O=S([O-])c1ccccc1. The summed E-state index contributed by atoms with van der Waals surface area (Å²) in [5.41, 5.74) is 5.77. The average molecular weight is 283 g/mol. The van der Waals surface area contributed by atoms with E-state index in [1.54, 1.807) is 30.3 Å². The van der Waals surface area contributed by atoms with Crippen LogP contribution in [0.25, 0.3) is 0 Å². The minimum absolute atomic E-state index is 0.331. The number of piperidine rings is 1. The molecule has 1 aliphatic rings. The lowest BCUT2D eigenvalue weighted by Crippen LogP contribution is -2.42. The first kappa shape index (κ1) is 16.3. The van der Waals surface area contributed by atoms with Crippen molar-refractivity contribution in [1.82, 2.24) is 4.90 Å². The molecule has 0 bridgehead atoms. The second-order valence-corrected chi connectivity index (χ2v) is 5.96. The van der Waals surface area contributed by atoms with Gasteiger partial charge in [-0.15, -0.1) is 0 Å². The van der Waals surface area contributed by atoms with Crippen molar-refractivity contribution >= 4 is 11.1 Å². The normalized spacial score (nSPS) is 18.8. The summed E-state index contributed by atoms with van der Waals surface area (Å²) in [5, 5.41) is 0. The van der Waals surface area contributed by atoms with Crippen molar-refractivity contribution in [3.05, 3.63) is 30.3 Å². The molecule has 2 rings (SSSR count). The topological polar surface area (TPSA) is 69.4 Å². The molecule has 4 nitrogen and oxygen atoms in total. The summed E-state index contributed by atoms with van der Waals surface area (Å²) in [6, 6.07) is 9.40. The Morgan fingerprint density at radius 3 is 2.16 bits per heavy atom. The summed E-state index contributed by atoms with van der Waals surface area (Å²) in [6.07, 6.45) is 2.36. The Morgan fingerprint density at radius 1 is 1.26 bits per heavy atom. The number of nitrogens with two attached hydrogens (primary N) is 1. The van der Waals surface area contributed by atoms with Crippen molar-refractivity contribution in [2.24, 2.45) is 5.73 Å². The van der Waals surface area contributed by atoms with Crippen LogP contribution in [-0.4, -0.2) is 38.8 Å². The van der Waals surface area contributed by atoms with E-state index in [-0.39, 0.29) is 0 Å². The number of benzene rings is 1. The molecule has 0 saturated carbocycles. The first-order valence-corrected chi connectivity index (χ1v) is 7.72. The molecule has 2 N–H and O–H groups in total. The van der Waals surface area contributed by atoms with Gasteiger partial charge in [-0.2, -0.15) is 0 Å². The average Bonchev–Trinajstić information content (AvgIpc) is 2.41. The molecule has 0 radical (unpaired) electrons. The van der Waals surface area contributed by atoms with Gasteiger partial charge in [0, 0.05) is 17.0 Å². The molecule has 1 aliphatic heterocycles. The van der Waals surface area contributed by atoms with Crippen molar-refractivity contribution in [1.29, 1.82) is 0 Å². The van der Waals surface area contributed by atoms with E-state index in [4.69, 9.17) is 5.73 Å². The molecule has 0 spiro atoms. The fraction of sp³-hybridized carbons (Fsp3) is 0.571. The van der Waals surface area contributed by atoms with E-state index >= 15 is 0 Å². The van der Waals surface area contributed by atoms with Crippen molar-refractivity contribution in [2.75, 3.05) is 13.1 Å². The second-order valence-electron chi connectivity index (χ2n) is 5.01. The molecule has 0 aliphatic carbocycles. The Kier molecular flexibility index (Phi) is 7.23. The smallest absolute Gasteiger partial charge is 0.0248 e. The van der Waals surface area contributed by atoms with Gasteiger partial charge in [0.2, 0.25) is 0 Å². The van der Waals surface area contributed by atoms with Crippen LogP contribution in [0.2, 0.25) is 0 Å². The molecular weight excluding hydrogens is 260 g/mol. The summed E-state index contributed by atoms with van der Waals surface area (Å²) >= 11 is -2.08. The molecule has 1 unspecified atom stereocenters. The molecule has 1 heterocycles. The number of likely N-dealkylation sites (tertiary alicyclic amines) is 1. The molecule has 1 aromatic carbocycles. The van der Waals surface area contributed by atoms with Gasteiger partial charge in [-0.3, -0.25) is 4.21 Å². The molecule has 1 saturated heterocycles. The van der Waals surface area contributed by atoms with Gasteiger partial charge >= 0.3 is 0 Å². The molecule has 1 fully saturated rings. The molecular formula is C14H23N2O2S-. The van der Waals surface area contributed by atoms with E-state index in [1.807, 2.05) is 0 Å². The third-order valence-electron chi connectivity index (χ3n) is 3.24. The maximum absolute atomic E-state index is 10.2. The predicted octanol–water partition coefficient (Wildman–Crippen LogP) is 1.74. The summed E-state index contributed by atoms with van der Waals surface area (Å²) < 4.78 is 20.4. The Balaban J connectivity index is 0.000000191. The van der Waals surface area contributed by atoms with Crippen LogP contribution in [0, 0.1) is 0 Å². The van der Waals surface area contributed by atoms with Crippen LogP contribution in [0.1, 0.15) is 26.7 Å². The number of hydrogen-bond acceptors (Lipinski definition) is 4. The second kappa shape index (κ2) is 8.43. The summed E-state index contributed by atoms with van der Waals surface area (Å²) in [6.45, 7) is 6.88. The van der Waals surface area contributed by atoms with E-state index in [1.165, 1.54) is 25.9 Å². The Bertz CT molecular complexity index is 376. The van der Waals surface area contributed by atoms with Gasteiger partial charge in [-0.1, -0.05) is 18.2 Å². The van der Waals surface area contributed by atoms with Crippen molar-refractivity contribution in [3.8, 4) is 0 Å². The maximum atomic E-state index is 10.2. The zero-order chi connectivity index (χ0) is 14.3. The first-order chi connectivity index (χ1) is 9.00. The fourth-order valence-electron chi connectivity index (χ4n) is 1.97. The molecule has 1 aromatic rings. The van der Waals surface area contributed by atoms with Gasteiger partial charge in [0.05, 0.1) is 0 Å². The molecule has 0 amide bonds. The highest BCUT2D eigenvalue weighted by molar-refractivity contribution is 7.79. The zero-order valence-corrected chi connectivity index (χ0v) is 12.4. The standard InChI is InChI=1S/C8H18N2.C6H6O2S/c1-7(2)10-5-3-8(9)4-6-10;7-9(8)6-4-2-1-3-5-6/h7-8H,3-6,9H2,1-2H3;1-5H,(H,7,8)/p-1. The lowest BCUT2D eigenvalue weighted by atomic mass is 10.1. The summed E-state index contributed by atoms with van der Waals surface area (Å²) in [7, 11) is 0. The van der Waals surface area contributed by atoms with Gasteiger partial charge in [-0.25, -0.2) is 0 Å². The highest BCUT2D eigenvalue weighted by Gasteiger charge is 2.17. The molecule has 0 aromatic heterocycles. The highest BCUT2D eigenvalue weighted by atomic mass is 32.2. The van der Waals surface area contributed by atoms with Crippen LogP contribution in [-0.2, 0) is 11.1 Å². The van der Waals surface area contributed by atoms with Crippen LogP contribution < -0.4 is 5.73 Å². The largest absolute Gasteiger partial charge is 0.768 e. The van der Waals surface area contributed by atoms with E-state index in [0.717, 1.165) is 0 Å². The fourth-order valence-corrected chi connectivity index (χ4v) is 2.35. The predicted molar refractivity (Wildman–Crippen MR) is 77.5 cm³/mol. The third-order valence-corrected chi connectivity index (χ3v) is 3.90. The number of hydrogen-bond donors (Lipinski definition) is 1. The Labute approximate surface area is 118 Å². The minimum Gasteiger partial charge on any atom is -0.768 e. The number of nitrogens with zero attached hydrogens (tertiary/aromatic N) is 1. The molecule has 19 heavy (non-hydrogen) atoms. The molecule has 108 valence electrons.